The average Bonchev–Trinajstić information content (AvgIpc) is 2.74. The van der Waals surface area contributed by atoms with Gasteiger partial charge in [-0.3, -0.25) is 4.79 Å². The molecule has 2 aromatic rings. The number of carbonyl (C=O) groups is 1. The van der Waals surface area contributed by atoms with Gasteiger partial charge in [0.2, 0.25) is 0 Å². The number of aromatic nitrogens is 1. The van der Waals surface area contributed by atoms with E-state index in [2.05, 4.69) is 4.98 Å². The zero-order valence-electron chi connectivity index (χ0n) is 11.0. The van der Waals surface area contributed by atoms with Gasteiger partial charge < -0.3 is 9.64 Å². The number of benzene rings is 1. The molecule has 0 saturated carbocycles. The average molecular weight is 291 g/mol. The molecule has 1 fully saturated rings. The highest BCUT2D eigenvalue weighted by Gasteiger charge is 2.20. The number of hydrogen-bond donors (Lipinski definition) is 0. The summed E-state index contributed by atoms with van der Waals surface area (Å²) in [5, 5.41) is 1.19. The molecule has 1 aliphatic heterocycles. The molecule has 0 radical (unpaired) electrons. The Morgan fingerprint density at radius 3 is 3.00 bits per heavy atom. The summed E-state index contributed by atoms with van der Waals surface area (Å²) < 4.78 is 5.39. The Morgan fingerprint density at radius 2 is 2.10 bits per heavy atom. The lowest BCUT2D eigenvalue weighted by Crippen LogP contribution is -2.33. The highest BCUT2D eigenvalue weighted by molar-refractivity contribution is 6.30. The van der Waals surface area contributed by atoms with Crippen LogP contribution in [0.25, 0.3) is 10.9 Å². The van der Waals surface area contributed by atoms with Crippen molar-refractivity contribution in [2.45, 2.75) is 6.42 Å². The predicted octanol–water partition coefficient (Wildman–Crippen LogP) is 2.75. The van der Waals surface area contributed by atoms with E-state index in [4.69, 9.17) is 16.3 Å². The van der Waals surface area contributed by atoms with Crippen molar-refractivity contribution < 1.29 is 9.53 Å². The monoisotopic (exact) mass is 290 g/mol. The second-order valence-corrected chi connectivity index (χ2v) is 5.16. The fourth-order valence-corrected chi connectivity index (χ4v) is 2.64. The minimum absolute atomic E-state index is 0.00370. The van der Waals surface area contributed by atoms with Crippen LogP contribution in [0.5, 0.6) is 0 Å². The van der Waals surface area contributed by atoms with Crippen LogP contribution < -0.4 is 0 Å². The summed E-state index contributed by atoms with van der Waals surface area (Å²) >= 11 is 6.03. The van der Waals surface area contributed by atoms with Crippen molar-refractivity contribution in [3.8, 4) is 0 Å². The SMILES string of the molecule is O=C(c1cc(Cl)nc2ccccc12)N1CCCOCC1. The molecule has 0 unspecified atom stereocenters. The fourth-order valence-electron chi connectivity index (χ4n) is 2.44. The number of fused-ring (bicyclic) bond motifs is 1. The van der Waals surface area contributed by atoms with Gasteiger partial charge in [-0.15, -0.1) is 0 Å². The van der Waals surface area contributed by atoms with Crippen LogP contribution in [0.1, 0.15) is 16.8 Å². The Labute approximate surface area is 122 Å². The lowest BCUT2D eigenvalue weighted by Gasteiger charge is -2.20. The molecule has 0 N–H and O–H groups in total. The fraction of sp³-hybridized carbons (Fsp3) is 0.333. The van der Waals surface area contributed by atoms with Crippen molar-refractivity contribution in [3.63, 3.8) is 0 Å². The van der Waals surface area contributed by atoms with Gasteiger partial charge in [-0.2, -0.15) is 0 Å². The van der Waals surface area contributed by atoms with Crippen LogP contribution in [0, 0.1) is 0 Å². The van der Waals surface area contributed by atoms with E-state index in [1.165, 1.54) is 0 Å². The van der Waals surface area contributed by atoms with E-state index in [0.717, 1.165) is 17.3 Å². The van der Waals surface area contributed by atoms with Crippen molar-refractivity contribution in [1.29, 1.82) is 0 Å². The number of ether oxygens (including phenoxy) is 1. The molecule has 1 aliphatic rings. The van der Waals surface area contributed by atoms with Gasteiger partial charge in [0, 0.05) is 25.1 Å². The number of nitrogens with zero attached hydrogens (tertiary/aromatic N) is 2. The third-order valence-electron chi connectivity index (χ3n) is 3.42. The van der Waals surface area contributed by atoms with Gasteiger partial charge >= 0.3 is 0 Å². The summed E-state index contributed by atoms with van der Waals surface area (Å²) in [7, 11) is 0. The van der Waals surface area contributed by atoms with Gasteiger partial charge in [0.1, 0.15) is 5.15 Å². The molecule has 0 aliphatic carbocycles. The standard InChI is InChI=1S/C15H15ClN2O2/c16-14-10-12(11-4-1-2-5-13(11)17-14)15(19)18-6-3-8-20-9-7-18/h1-2,4-5,10H,3,6-9H2. The first kappa shape index (κ1) is 13.3. The molecular weight excluding hydrogens is 276 g/mol. The molecular formula is C15H15ClN2O2. The topological polar surface area (TPSA) is 42.4 Å². The van der Waals surface area contributed by atoms with E-state index in [9.17, 15) is 4.79 Å². The summed E-state index contributed by atoms with van der Waals surface area (Å²) in [5.74, 6) is -0.00370. The normalized spacial score (nSPS) is 16.1. The van der Waals surface area contributed by atoms with Gasteiger partial charge in [0.15, 0.2) is 0 Å². The molecule has 0 bridgehead atoms. The Morgan fingerprint density at radius 1 is 1.25 bits per heavy atom. The van der Waals surface area contributed by atoms with Crippen LogP contribution in [-0.2, 0) is 4.74 Å². The summed E-state index contributed by atoms with van der Waals surface area (Å²) in [5.41, 5.74) is 1.36. The molecule has 1 amide bonds. The second-order valence-electron chi connectivity index (χ2n) is 4.77. The molecule has 2 heterocycles. The summed E-state index contributed by atoms with van der Waals surface area (Å²) in [6.45, 7) is 2.63. The second kappa shape index (κ2) is 5.77. The van der Waals surface area contributed by atoms with Crippen molar-refractivity contribution in [2.24, 2.45) is 0 Å². The van der Waals surface area contributed by atoms with E-state index in [-0.39, 0.29) is 5.91 Å². The van der Waals surface area contributed by atoms with Gasteiger partial charge in [-0.1, -0.05) is 29.8 Å². The Balaban J connectivity index is 2.02. The highest BCUT2D eigenvalue weighted by Crippen LogP contribution is 2.22. The number of carbonyl (C=O) groups excluding carboxylic acids is 1. The number of hydrogen-bond acceptors (Lipinski definition) is 3. The van der Waals surface area contributed by atoms with E-state index < -0.39 is 0 Å². The molecule has 4 nitrogen and oxygen atoms in total. The maximum Gasteiger partial charge on any atom is 0.254 e. The summed E-state index contributed by atoms with van der Waals surface area (Å²) in [6, 6.07) is 9.21. The zero-order valence-corrected chi connectivity index (χ0v) is 11.8. The number of amides is 1. The van der Waals surface area contributed by atoms with Crippen LogP contribution >= 0.6 is 11.6 Å². The summed E-state index contributed by atoms with van der Waals surface area (Å²) in [4.78, 5) is 18.8. The van der Waals surface area contributed by atoms with E-state index in [1.54, 1.807) is 6.07 Å². The molecule has 5 heteroatoms. The molecule has 20 heavy (non-hydrogen) atoms. The molecule has 1 aromatic carbocycles. The Bertz CT molecular complexity index is 637. The molecule has 1 saturated heterocycles. The van der Waals surface area contributed by atoms with Crippen LogP contribution in [0.4, 0.5) is 0 Å². The smallest absolute Gasteiger partial charge is 0.254 e. The lowest BCUT2D eigenvalue weighted by molar-refractivity contribution is 0.0743. The van der Waals surface area contributed by atoms with Crippen LogP contribution in [-0.4, -0.2) is 42.1 Å². The number of halogens is 1. The molecule has 104 valence electrons. The minimum Gasteiger partial charge on any atom is -0.380 e. The van der Waals surface area contributed by atoms with Crippen molar-refractivity contribution in [2.75, 3.05) is 26.3 Å². The number of rotatable bonds is 1. The van der Waals surface area contributed by atoms with E-state index in [0.29, 0.717) is 37.0 Å². The van der Waals surface area contributed by atoms with Crippen molar-refractivity contribution in [1.82, 2.24) is 9.88 Å². The van der Waals surface area contributed by atoms with Crippen LogP contribution in [0.3, 0.4) is 0 Å². The highest BCUT2D eigenvalue weighted by atomic mass is 35.5. The third-order valence-corrected chi connectivity index (χ3v) is 3.62. The van der Waals surface area contributed by atoms with Crippen LogP contribution in [0.2, 0.25) is 5.15 Å². The lowest BCUT2D eigenvalue weighted by atomic mass is 10.1. The Kier molecular flexibility index (Phi) is 3.85. The largest absolute Gasteiger partial charge is 0.380 e. The van der Waals surface area contributed by atoms with Gasteiger partial charge in [0.05, 0.1) is 17.7 Å². The first-order valence-corrected chi connectivity index (χ1v) is 7.06. The summed E-state index contributed by atoms with van der Waals surface area (Å²) in [6.07, 6.45) is 0.864. The zero-order chi connectivity index (χ0) is 13.9. The number of para-hydroxylation sites is 1. The first-order valence-electron chi connectivity index (χ1n) is 6.68. The van der Waals surface area contributed by atoms with Crippen molar-refractivity contribution >= 4 is 28.4 Å². The minimum atomic E-state index is -0.00370. The maximum atomic E-state index is 12.7. The predicted molar refractivity (Wildman–Crippen MR) is 78.1 cm³/mol. The van der Waals surface area contributed by atoms with E-state index >= 15 is 0 Å². The maximum absolute atomic E-state index is 12.7. The van der Waals surface area contributed by atoms with Crippen molar-refractivity contribution in [3.05, 3.63) is 41.0 Å². The third kappa shape index (κ3) is 2.62. The van der Waals surface area contributed by atoms with Gasteiger partial charge in [0.25, 0.3) is 5.91 Å². The van der Waals surface area contributed by atoms with Crippen LogP contribution in [0.15, 0.2) is 30.3 Å². The van der Waals surface area contributed by atoms with Gasteiger partial charge in [-0.25, -0.2) is 4.98 Å². The first-order chi connectivity index (χ1) is 9.75. The molecule has 1 aromatic heterocycles. The number of pyridine rings is 1. The molecule has 0 atom stereocenters. The molecule has 3 rings (SSSR count). The molecule has 0 spiro atoms. The van der Waals surface area contributed by atoms with Gasteiger partial charge in [-0.05, 0) is 18.6 Å². The Hall–Kier alpha value is -1.65. The quantitative estimate of drug-likeness (QED) is 0.759. The van der Waals surface area contributed by atoms with E-state index in [1.807, 2.05) is 29.2 Å².